The number of rotatable bonds is 1. The molecule has 1 N–H and O–H groups in total. The Kier molecular flexibility index (Phi) is 3.11. The highest BCUT2D eigenvalue weighted by atomic mass is 79.9. The molecular weight excluding hydrogens is 329 g/mol. The van der Waals surface area contributed by atoms with Crippen molar-refractivity contribution in [1.82, 2.24) is 0 Å². The lowest BCUT2D eigenvalue weighted by atomic mass is 9.77. The molecule has 2 aromatic carbocycles. The summed E-state index contributed by atoms with van der Waals surface area (Å²) in [5.74, 6) is 0.561. The number of nitrogens with one attached hydrogen (secondary N) is 1. The molecule has 0 aromatic heterocycles. The molecule has 4 rings (SSSR count). The van der Waals surface area contributed by atoms with Gasteiger partial charge in [-0.1, -0.05) is 58.4 Å². The minimum atomic E-state index is -0.181. The number of fused-ring (bicyclic) bond motifs is 3. The van der Waals surface area contributed by atoms with Gasteiger partial charge in [0.1, 0.15) is 5.82 Å². The van der Waals surface area contributed by atoms with Crippen molar-refractivity contribution in [1.29, 1.82) is 0 Å². The first-order chi connectivity index (χ1) is 10.2. The molecular formula is C18H15BrFN. The van der Waals surface area contributed by atoms with Crippen LogP contribution in [0.25, 0.3) is 0 Å². The van der Waals surface area contributed by atoms with Crippen LogP contribution in [0.2, 0.25) is 0 Å². The van der Waals surface area contributed by atoms with Crippen LogP contribution in [0.5, 0.6) is 0 Å². The van der Waals surface area contributed by atoms with Crippen LogP contribution < -0.4 is 5.32 Å². The zero-order valence-electron chi connectivity index (χ0n) is 11.4. The molecule has 106 valence electrons. The van der Waals surface area contributed by atoms with Gasteiger partial charge in [-0.2, -0.15) is 0 Å². The SMILES string of the molecule is Fc1cc(Br)cc2c1N[C@H](c1ccccc1)[C@@H]1CC=C[C@H]21. The Morgan fingerprint density at radius 1 is 1.14 bits per heavy atom. The van der Waals surface area contributed by atoms with Crippen molar-refractivity contribution in [3.05, 3.63) is 76.0 Å². The van der Waals surface area contributed by atoms with Gasteiger partial charge in [0.2, 0.25) is 0 Å². The lowest BCUT2D eigenvalue weighted by Gasteiger charge is -2.37. The van der Waals surface area contributed by atoms with Gasteiger partial charge in [-0.3, -0.25) is 0 Å². The highest BCUT2D eigenvalue weighted by Crippen LogP contribution is 2.50. The van der Waals surface area contributed by atoms with Gasteiger partial charge < -0.3 is 5.32 Å². The first kappa shape index (κ1) is 13.1. The smallest absolute Gasteiger partial charge is 0.147 e. The Hall–Kier alpha value is -1.61. The maximum Gasteiger partial charge on any atom is 0.147 e. The molecule has 1 aliphatic carbocycles. The highest BCUT2D eigenvalue weighted by Gasteiger charge is 2.38. The van der Waals surface area contributed by atoms with Crippen LogP contribution in [-0.2, 0) is 0 Å². The third-order valence-corrected chi connectivity index (χ3v) is 5.00. The van der Waals surface area contributed by atoms with E-state index in [2.05, 4.69) is 45.5 Å². The number of halogens is 2. The second-order valence-electron chi connectivity index (χ2n) is 5.74. The summed E-state index contributed by atoms with van der Waals surface area (Å²) < 4.78 is 15.2. The molecule has 1 nitrogen and oxygen atoms in total. The number of benzene rings is 2. The van der Waals surface area contributed by atoms with Crippen molar-refractivity contribution < 1.29 is 4.39 Å². The van der Waals surface area contributed by atoms with Crippen LogP contribution in [-0.4, -0.2) is 0 Å². The molecule has 0 saturated heterocycles. The molecule has 3 heteroatoms. The number of allylic oxidation sites excluding steroid dienone is 2. The van der Waals surface area contributed by atoms with Crippen LogP contribution in [0.1, 0.15) is 29.5 Å². The third-order valence-electron chi connectivity index (χ3n) is 4.54. The lowest BCUT2D eigenvalue weighted by molar-refractivity contribution is 0.420. The normalized spacial score (nSPS) is 26.1. The fourth-order valence-electron chi connectivity index (χ4n) is 3.61. The molecule has 2 aromatic rings. The largest absolute Gasteiger partial charge is 0.375 e. The van der Waals surface area contributed by atoms with Crippen molar-refractivity contribution in [2.45, 2.75) is 18.4 Å². The van der Waals surface area contributed by atoms with E-state index in [0.29, 0.717) is 17.5 Å². The van der Waals surface area contributed by atoms with Crippen molar-refractivity contribution in [3.8, 4) is 0 Å². The van der Waals surface area contributed by atoms with E-state index in [1.807, 2.05) is 24.3 Å². The summed E-state index contributed by atoms with van der Waals surface area (Å²) in [5.41, 5.74) is 2.94. The molecule has 21 heavy (non-hydrogen) atoms. The second-order valence-corrected chi connectivity index (χ2v) is 6.65. The fourth-order valence-corrected chi connectivity index (χ4v) is 4.06. The van der Waals surface area contributed by atoms with Gasteiger partial charge in [-0.15, -0.1) is 0 Å². The first-order valence-corrected chi connectivity index (χ1v) is 8.00. The predicted octanol–water partition coefficient (Wildman–Crippen LogP) is 5.41. The molecule has 0 amide bonds. The average Bonchev–Trinajstić information content (AvgIpc) is 2.97. The lowest BCUT2D eigenvalue weighted by Crippen LogP contribution is -2.29. The Balaban J connectivity index is 1.84. The van der Waals surface area contributed by atoms with E-state index in [1.54, 1.807) is 0 Å². The molecule has 1 aliphatic heterocycles. The maximum absolute atomic E-state index is 14.4. The Morgan fingerprint density at radius 2 is 1.95 bits per heavy atom. The predicted molar refractivity (Wildman–Crippen MR) is 86.9 cm³/mol. The quantitative estimate of drug-likeness (QED) is 0.682. The second kappa shape index (κ2) is 4.99. The molecule has 2 aliphatic rings. The first-order valence-electron chi connectivity index (χ1n) is 7.21. The zero-order valence-corrected chi connectivity index (χ0v) is 13.0. The van der Waals surface area contributed by atoms with E-state index < -0.39 is 0 Å². The van der Waals surface area contributed by atoms with Crippen LogP contribution in [0.3, 0.4) is 0 Å². The highest BCUT2D eigenvalue weighted by molar-refractivity contribution is 9.10. The van der Waals surface area contributed by atoms with Crippen molar-refractivity contribution >= 4 is 21.6 Å². The van der Waals surface area contributed by atoms with E-state index in [9.17, 15) is 4.39 Å². The topological polar surface area (TPSA) is 12.0 Å². The van der Waals surface area contributed by atoms with Crippen molar-refractivity contribution in [2.75, 3.05) is 5.32 Å². The van der Waals surface area contributed by atoms with Gasteiger partial charge in [0.05, 0.1) is 11.7 Å². The summed E-state index contributed by atoms with van der Waals surface area (Å²) in [5, 5.41) is 3.44. The summed E-state index contributed by atoms with van der Waals surface area (Å²) in [7, 11) is 0. The van der Waals surface area contributed by atoms with Crippen molar-refractivity contribution in [2.24, 2.45) is 5.92 Å². The molecule has 0 unspecified atom stereocenters. The Morgan fingerprint density at radius 3 is 2.76 bits per heavy atom. The number of anilines is 1. The fraction of sp³-hybridized carbons (Fsp3) is 0.222. The van der Waals surface area contributed by atoms with Gasteiger partial charge in [0, 0.05) is 10.4 Å². The average molecular weight is 344 g/mol. The van der Waals surface area contributed by atoms with Crippen LogP contribution >= 0.6 is 15.9 Å². The van der Waals surface area contributed by atoms with E-state index in [4.69, 9.17) is 0 Å². The number of hydrogen-bond acceptors (Lipinski definition) is 1. The van der Waals surface area contributed by atoms with Crippen LogP contribution in [0, 0.1) is 11.7 Å². The molecule has 0 bridgehead atoms. The van der Waals surface area contributed by atoms with Gasteiger partial charge in [-0.25, -0.2) is 4.39 Å². The van der Waals surface area contributed by atoms with E-state index in [-0.39, 0.29) is 11.9 Å². The van der Waals surface area contributed by atoms with E-state index >= 15 is 0 Å². The monoisotopic (exact) mass is 343 g/mol. The summed E-state index contributed by atoms with van der Waals surface area (Å²) in [6.07, 6.45) is 5.48. The zero-order chi connectivity index (χ0) is 14.4. The van der Waals surface area contributed by atoms with Crippen LogP contribution in [0.4, 0.5) is 10.1 Å². The molecule has 0 radical (unpaired) electrons. The third kappa shape index (κ3) is 2.11. The summed E-state index contributed by atoms with van der Waals surface area (Å²) in [6, 6.07) is 14.1. The number of hydrogen-bond donors (Lipinski definition) is 1. The Bertz CT molecular complexity index is 711. The summed E-state index contributed by atoms with van der Waals surface area (Å²) in [4.78, 5) is 0. The molecule has 0 fully saturated rings. The molecule has 1 heterocycles. The summed E-state index contributed by atoms with van der Waals surface area (Å²) in [6.45, 7) is 0. The molecule has 0 spiro atoms. The Labute approximate surface area is 132 Å². The summed E-state index contributed by atoms with van der Waals surface area (Å²) >= 11 is 3.41. The van der Waals surface area contributed by atoms with Gasteiger partial charge in [0.15, 0.2) is 0 Å². The van der Waals surface area contributed by atoms with Crippen molar-refractivity contribution in [3.63, 3.8) is 0 Å². The van der Waals surface area contributed by atoms with Gasteiger partial charge >= 0.3 is 0 Å². The molecule has 3 atom stereocenters. The van der Waals surface area contributed by atoms with Gasteiger partial charge in [0.25, 0.3) is 0 Å². The minimum Gasteiger partial charge on any atom is -0.375 e. The molecule has 0 saturated carbocycles. The van der Waals surface area contributed by atoms with Gasteiger partial charge in [-0.05, 0) is 35.6 Å². The minimum absolute atomic E-state index is 0.161. The van der Waals surface area contributed by atoms with E-state index in [0.717, 1.165) is 16.5 Å². The van der Waals surface area contributed by atoms with E-state index in [1.165, 1.54) is 11.6 Å². The standard InChI is InChI=1S/C18H15BrFN/c19-12-9-15-13-7-4-8-14(13)17(11-5-2-1-3-6-11)21-18(15)16(20)10-12/h1-7,9-10,13-14,17,21H,8H2/t13-,14+,17+/m0/s1. The maximum atomic E-state index is 14.4. The van der Waals surface area contributed by atoms with Crippen LogP contribution in [0.15, 0.2) is 59.1 Å².